The number of aryl methyl sites for hydroxylation is 1. The number of nitrogens with zero attached hydrogens (tertiary/aromatic N) is 3. The fourth-order valence-electron chi connectivity index (χ4n) is 4.04. The quantitative estimate of drug-likeness (QED) is 0.287. The van der Waals surface area contributed by atoms with Gasteiger partial charge in [-0.2, -0.15) is 4.98 Å². The summed E-state index contributed by atoms with van der Waals surface area (Å²) in [6, 6.07) is 8.50. The third-order valence-corrected chi connectivity index (χ3v) is 5.86. The first kappa shape index (κ1) is 27.6. The first-order valence-electron chi connectivity index (χ1n) is 12.6. The van der Waals surface area contributed by atoms with Gasteiger partial charge in [-0.05, 0) is 64.4 Å². The molecule has 7 nitrogen and oxygen atoms in total. The molecule has 3 N–H and O–H groups in total. The maximum atomic E-state index is 12.1. The van der Waals surface area contributed by atoms with Crippen molar-refractivity contribution in [1.29, 1.82) is 0 Å². The van der Waals surface area contributed by atoms with Crippen molar-refractivity contribution in [3.8, 4) is 0 Å². The van der Waals surface area contributed by atoms with E-state index in [1.165, 1.54) is 0 Å². The molecule has 1 aromatic heterocycles. The first-order valence-corrected chi connectivity index (χ1v) is 12.6. The zero-order chi connectivity index (χ0) is 24.9. The Labute approximate surface area is 205 Å². The maximum absolute atomic E-state index is 12.1. The van der Waals surface area contributed by atoms with Gasteiger partial charge in [0.1, 0.15) is 5.82 Å². The van der Waals surface area contributed by atoms with E-state index in [0.717, 1.165) is 73.3 Å². The van der Waals surface area contributed by atoms with Crippen molar-refractivity contribution in [2.24, 2.45) is 0 Å². The van der Waals surface area contributed by atoms with Crippen molar-refractivity contribution in [2.75, 3.05) is 38.3 Å². The molecule has 34 heavy (non-hydrogen) atoms. The molecule has 1 heterocycles. The molecule has 0 aliphatic rings. The van der Waals surface area contributed by atoms with Gasteiger partial charge in [-0.25, -0.2) is 4.98 Å². The number of carbonyl (C=O) groups excluding carboxylic acids is 1. The fraction of sp³-hybridized carbons (Fsp3) is 0.593. The second-order valence-corrected chi connectivity index (χ2v) is 9.31. The second kappa shape index (κ2) is 14.6. The molecule has 2 aromatic rings. The van der Waals surface area contributed by atoms with Crippen molar-refractivity contribution in [1.82, 2.24) is 14.9 Å². The third kappa shape index (κ3) is 9.67. The van der Waals surface area contributed by atoms with E-state index in [1.807, 2.05) is 33.2 Å². The summed E-state index contributed by atoms with van der Waals surface area (Å²) in [6.45, 7) is 7.87. The van der Waals surface area contributed by atoms with Crippen molar-refractivity contribution >= 4 is 17.7 Å². The summed E-state index contributed by atoms with van der Waals surface area (Å²) in [5.41, 5.74) is 10.0. The van der Waals surface area contributed by atoms with Crippen LogP contribution in [0.5, 0.6) is 0 Å². The Balaban J connectivity index is 2.00. The van der Waals surface area contributed by atoms with Gasteiger partial charge in [0.25, 0.3) is 0 Å². The molecule has 0 aliphatic heterocycles. The number of nitrogen functional groups attached to an aromatic ring is 1. The third-order valence-electron chi connectivity index (χ3n) is 5.86. The van der Waals surface area contributed by atoms with Crippen LogP contribution >= 0.6 is 0 Å². The molecule has 0 amide bonds. The molecular formula is C27H43N5O2. The number of nitrogens with two attached hydrogens (primary N) is 1. The number of ether oxygens (including phenoxy) is 1. The summed E-state index contributed by atoms with van der Waals surface area (Å²) in [5.74, 6) is 0.953. The standard InChI is InChI=1S/C27H43N5O2/c1-6-10-23(11-7-2)30-26-24(20(3)29-27(28)31-26)18-21-12-14-22(15-13-21)19-25(33)34-17-9-8-16-32(4)5/h12-15,23H,6-11,16-19H2,1-5H3,(H3,28,29,30,31). The van der Waals surface area contributed by atoms with Gasteiger partial charge < -0.3 is 20.7 Å². The molecule has 2 rings (SSSR count). The number of benzene rings is 1. The number of rotatable bonds is 15. The Morgan fingerprint density at radius 1 is 1.06 bits per heavy atom. The van der Waals surface area contributed by atoms with Gasteiger partial charge in [-0.15, -0.1) is 0 Å². The molecule has 0 saturated carbocycles. The van der Waals surface area contributed by atoms with Crippen LogP contribution in [0.15, 0.2) is 24.3 Å². The zero-order valence-corrected chi connectivity index (χ0v) is 21.7. The summed E-state index contributed by atoms with van der Waals surface area (Å²) in [5, 5.41) is 3.63. The van der Waals surface area contributed by atoms with Crippen LogP contribution in [0.3, 0.4) is 0 Å². The smallest absolute Gasteiger partial charge is 0.310 e. The van der Waals surface area contributed by atoms with Crippen LogP contribution in [-0.4, -0.2) is 54.1 Å². The average Bonchev–Trinajstić information content (AvgIpc) is 2.77. The highest BCUT2D eigenvalue weighted by Crippen LogP contribution is 2.24. The van der Waals surface area contributed by atoms with Crippen LogP contribution < -0.4 is 11.1 Å². The number of aromatic nitrogens is 2. The van der Waals surface area contributed by atoms with E-state index in [9.17, 15) is 4.79 Å². The monoisotopic (exact) mass is 469 g/mol. The van der Waals surface area contributed by atoms with Crippen LogP contribution in [0.2, 0.25) is 0 Å². The highest BCUT2D eigenvalue weighted by atomic mass is 16.5. The Bertz CT molecular complexity index is 877. The zero-order valence-electron chi connectivity index (χ0n) is 21.7. The lowest BCUT2D eigenvalue weighted by molar-refractivity contribution is -0.142. The molecule has 188 valence electrons. The number of carbonyl (C=O) groups is 1. The SMILES string of the molecule is CCCC(CCC)Nc1nc(N)nc(C)c1Cc1ccc(CC(=O)OCCCCN(C)C)cc1. The molecule has 0 unspecified atom stereocenters. The maximum Gasteiger partial charge on any atom is 0.310 e. The summed E-state index contributed by atoms with van der Waals surface area (Å²) >= 11 is 0. The summed E-state index contributed by atoms with van der Waals surface area (Å²) < 4.78 is 5.38. The lowest BCUT2D eigenvalue weighted by Crippen LogP contribution is -2.22. The fourth-order valence-corrected chi connectivity index (χ4v) is 4.04. The number of unbranched alkanes of at least 4 members (excludes halogenated alkanes) is 1. The van der Waals surface area contributed by atoms with Crippen molar-refractivity contribution in [2.45, 2.75) is 78.2 Å². The minimum atomic E-state index is -0.176. The normalized spacial score (nSPS) is 11.3. The van der Waals surface area contributed by atoms with E-state index >= 15 is 0 Å². The Kier molecular flexibility index (Phi) is 11.8. The number of hydrogen-bond acceptors (Lipinski definition) is 7. The molecule has 0 spiro atoms. The Morgan fingerprint density at radius 3 is 2.32 bits per heavy atom. The molecule has 0 fully saturated rings. The van der Waals surface area contributed by atoms with Crippen LogP contribution in [0.1, 0.15) is 74.8 Å². The molecule has 0 atom stereocenters. The molecule has 0 bridgehead atoms. The van der Waals surface area contributed by atoms with Crippen LogP contribution in [0, 0.1) is 6.92 Å². The summed E-state index contributed by atoms with van der Waals surface area (Å²) in [6.07, 6.45) is 7.33. The summed E-state index contributed by atoms with van der Waals surface area (Å²) in [7, 11) is 4.09. The number of nitrogens with one attached hydrogen (secondary N) is 1. The van der Waals surface area contributed by atoms with Crippen molar-refractivity contribution in [3.63, 3.8) is 0 Å². The van der Waals surface area contributed by atoms with Gasteiger partial charge in [0, 0.05) is 23.7 Å². The second-order valence-electron chi connectivity index (χ2n) is 9.31. The predicted octanol–water partition coefficient (Wildman–Crippen LogP) is 4.77. The minimum Gasteiger partial charge on any atom is -0.465 e. The number of anilines is 2. The molecule has 0 aliphatic carbocycles. The first-order chi connectivity index (χ1) is 16.3. The van der Waals surface area contributed by atoms with E-state index in [2.05, 4.69) is 46.2 Å². The van der Waals surface area contributed by atoms with Gasteiger partial charge >= 0.3 is 5.97 Å². The predicted molar refractivity (Wildman–Crippen MR) is 140 cm³/mol. The number of esters is 1. The van der Waals surface area contributed by atoms with Gasteiger partial charge in [-0.3, -0.25) is 4.79 Å². The highest BCUT2D eigenvalue weighted by molar-refractivity contribution is 5.72. The van der Waals surface area contributed by atoms with Crippen LogP contribution in [0.4, 0.5) is 11.8 Å². The van der Waals surface area contributed by atoms with E-state index in [-0.39, 0.29) is 5.97 Å². The van der Waals surface area contributed by atoms with Crippen LogP contribution in [-0.2, 0) is 22.4 Å². The van der Waals surface area contributed by atoms with Gasteiger partial charge in [0.05, 0.1) is 13.0 Å². The molecule has 1 aromatic carbocycles. The van der Waals surface area contributed by atoms with Gasteiger partial charge in [0.15, 0.2) is 0 Å². The topological polar surface area (TPSA) is 93.4 Å². The van der Waals surface area contributed by atoms with Crippen molar-refractivity contribution in [3.05, 3.63) is 46.6 Å². The van der Waals surface area contributed by atoms with Crippen LogP contribution in [0.25, 0.3) is 0 Å². The van der Waals surface area contributed by atoms with E-state index in [0.29, 0.717) is 31.4 Å². The number of hydrogen-bond donors (Lipinski definition) is 2. The molecular weight excluding hydrogens is 426 g/mol. The Hall–Kier alpha value is -2.67. The van der Waals surface area contributed by atoms with Gasteiger partial charge in [0.2, 0.25) is 5.95 Å². The molecule has 7 heteroatoms. The minimum absolute atomic E-state index is 0.176. The van der Waals surface area contributed by atoms with E-state index in [4.69, 9.17) is 10.5 Å². The molecule has 0 saturated heterocycles. The summed E-state index contributed by atoms with van der Waals surface area (Å²) in [4.78, 5) is 23.2. The largest absolute Gasteiger partial charge is 0.465 e. The molecule has 0 radical (unpaired) electrons. The van der Waals surface area contributed by atoms with Gasteiger partial charge in [-0.1, -0.05) is 51.0 Å². The highest BCUT2D eigenvalue weighted by Gasteiger charge is 2.15. The van der Waals surface area contributed by atoms with Crippen molar-refractivity contribution < 1.29 is 9.53 Å². The van der Waals surface area contributed by atoms with E-state index in [1.54, 1.807) is 0 Å². The Morgan fingerprint density at radius 2 is 1.71 bits per heavy atom. The average molecular weight is 470 g/mol. The van der Waals surface area contributed by atoms with E-state index < -0.39 is 0 Å². The lowest BCUT2D eigenvalue weighted by atomic mass is 10.0. The lowest BCUT2D eigenvalue weighted by Gasteiger charge is -2.21.